The van der Waals surface area contributed by atoms with Gasteiger partial charge in [0.25, 0.3) is 0 Å². The van der Waals surface area contributed by atoms with Gasteiger partial charge >= 0.3 is 0 Å². The number of benzene rings is 1. The number of hydrogen-bond donors (Lipinski definition) is 1. The van der Waals surface area contributed by atoms with E-state index in [0.29, 0.717) is 6.04 Å². The highest BCUT2D eigenvalue weighted by atomic mass is 16.5. The predicted molar refractivity (Wildman–Crippen MR) is 80.7 cm³/mol. The average Bonchev–Trinajstić information content (AvgIpc) is 3.24. The Labute approximate surface area is 121 Å². The Morgan fingerprint density at radius 1 is 1.35 bits per heavy atom. The van der Waals surface area contributed by atoms with Gasteiger partial charge in [-0.3, -0.25) is 5.32 Å². The number of hydrogen-bond acceptors (Lipinski definition) is 3. The molecule has 2 rings (SSSR count). The molecule has 0 bridgehead atoms. The van der Waals surface area contributed by atoms with E-state index >= 15 is 0 Å². The summed E-state index contributed by atoms with van der Waals surface area (Å²) in [4.78, 5) is 0. The minimum Gasteiger partial charge on any atom is -0.493 e. The second-order valence-electron chi connectivity index (χ2n) is 5.93. The molecule has 0 amide bonds. The molecule has 0 aromatic heterocycles. The highest BCUT2D eigenvalue weighted by Crippen LogP contribution is 2.25. The van der Waals surface area contributed by atoms with Gasteiger partial charge in [0.1, 0.15) is 11.3 Å². The molecule has 1 atom stereocenters. The van der Waals surface area contributed by atoms with Gasteiger partial charge in [-0.25, -0.2) is 0 Å². The molecule has 1 aromatic rings. The smallest absolute Gasteiger partial charge is 0.122 e. The van der Waals surface area contributed by atoms with Crippen LogP contribution in [-0.4, -0.2) is 18.2 Å². The number of nitrogens with one attached hydrogen (secondary N) is 1. The van der Waals surface area contributed by atoms with Crippen molar-refractivity contribution in [3.8, 4) is 11.8 Å². The largest absolute Gasteiger partial charge is 0.493 e. The third kappa shape index (κ3) is 4.54. The molecular weight excluding hydrogens is 248 g/mol. The van der Waals surface area contributed by atoms with Crippen LogP contribution in [0, 0.1) is 18.3 Å². The predicted octanol–water partition coefficient (Wildman–Crippen LogP) is 3.58. The van der Waals surface area contributed by atoms with Crippen LogP contribution in [0.25, 0.3) is 0 Å². The van der Waals surface area contributed by atoms with Crippen molar-refractivity contribution in [3.05, 3.63) is 29.8 Å². The van der Waals surface area contributed by atoms with Crippen LogP contribution in [-0.2, 0) is 0 Å². The highest BCUT2D eigenvalue weighted by molar-refractivity contribution is 5.31. The standard InChI is InChI=1S/C17H24N2O/c1-14-7-3-4-8-16(14)20-12-6-5-11-17(2,13-18)19-15-9-10-15/h3-4,7-8,15,19H,5-6,9-12H2,1-2H3. The first-order chi connectivity index (χ1) is 9.63. The lowest BCUT2D eigenvalue weighted by molar-refractivity contribution is 0.293. The van der Waals surface area contributed by atoms with Gasteiger partial charge in [0.05, 0.1) is 12.7 Å². The second-order valence-corrected chi connectivity index (χ2v) is 5.93. The zero-order valence-electron chi connectivity index (χ0n) is 12.5. The molecule has 1 fully saturated rings. The summed E-state index contributed by atoms with van der Waals surface area (Å²) in [5.41, 5.74) is 0.800. The molecule has 3 nitrogen and oxygen atoms in total. The number of rotatable bonds is 8. The molecule has 0 spiro atoms. The van der Waals surface area contributed by atoms with Gasteiger partial charge in [-0.05, 0) is 57.6 Å². The van der Waals surface area contributed by atoms with Gasteiger partial charge in [0, 0.05) is 6.04 Å². The summed E-state index contributed by atoms with van der Waals surface area (Å²) >= 11 is 0. The van der Waals surface area contributed by atoms with Crippen LogP contribution >= 0.6 is 0 Å². The lowest BCUT2D eigenvalue weighted by Crippen LogP contribution is -2.42. The molecule has 20 heavy (non-hydrogen) atoms. The highest BCUT2D eigenvalue weighted by Gasteiger charge is 2.31. The first-order valence-corrected chi connectivity index (χ1v) is 7.50. The van der Waals surface area contributed by atoms with Gasteiger partial charge in [0.2, 0.25) is 0 Å². The fourth-order valence-electron chi connectivity index (χ4n) is 2.32. The van der Waals surface area contributed by atoms with E-state index in [9.17, 15) is 5.26 Å². The Morgan fingerprint density at radius 2 is 2.10 bits per heavy atom. The average molecular weight is 272 g/mol. The van der Waals surface area contributed by atoms with E-state index in [0.717, 1.165) is 31.6 Å². The van der Waals surface area contributed by atoms with Crippen molar-refractivity contribution in [3.63, 3.8) is 0 Å². The number of para-hydroxylation sites is 1. The summed E-state index contributed by atoms with van der Waals surface area (Å²) in [5.74, 6) is 0.964. The molecule has 1 N–H and O–H groups in total. The summed E-state index contributed by atoms with van der Waals surface area (Å²) in [5, 5.41) is 12.7. The van der Waals surface area contributed by atoms with Crippen LogP contribution in [0.1, 0.15) is 44.6 Å². The quantitative estimate of drug-likeness (QED) is 0.736. The lowest BCUT2D eigenvalue weighted by Gasteiger charge is -2.23. The fourth-order valence-corrected chi connectivity index (χ4v) is 2.32. The molecule has 1 aliphatic carbocycles. The van der Waals surface area contributed by atoms with E-state index in [-0.39, 0.29) is 5.54 Å². The van der Waals surface area contributed by atoms with Gasteiger partial charge in [0.15, 0.2) is 0 Å². The molecule has 0 radical (unpaired) electrons. The maximum Gasteiger partial charge on any atom is 0.122 e. The van der Waals surface area contributed by atoms with E-state index in [1.165, 1.54) is 18.4 Å². The zero-order chi connectivity index (χ0) is 14.4. The van der Waals surface area contributed by atoms with Crippen molar-refractivity contribution in [2.24, 2.45) is 0 Å². The van der Waals surface area contributed by atoms with E-state index < -0.39 is 0 Å². The molecule has 108 valence electrons. The molecule has 0 aliphatic heterocycles. The summed E-state index contributed by atoms with van der Waals surface area (Å²) in [7, 11) is 0. The third-order valence-electron chi connectivity index (χ3n) is 3.77. The van der Waals surface area contributed by atoms with Crippen molar-refractivity contribution >= 4 is 0 Å². The Morgan fingerprint density at radius 3 is 2.75 bits per heavy atom. The number of nitriles is 1. The molecule has 1 aromatic carbocycles. The summed E-state index contributed by atoms with van der Waals surface area (Å²) in [6.45, 7) is 4.78. The molecule has 3 heteroatoms. The monoisotopic (exact) mass is 272 g/mol. The normalized spacial score (nSPS) is 17.2. The Hall–Kier alpha value is -1.53. The van der Waals surface area contributed by atoms with Crippen molar-refractivity contribution in [1.82, 2.24) is 5.32 Å². The van der Waals surface area contributed by atoms with Crippen LogP contribution in [0.3, 0.4) is 0 Å². The molecule has 0 heterocycles. The summed E-state index contributed by atoms with van der Waals surface area (Å²) in [6, 6.07) is 11.1. The van der Waals surface area contributed by atoms with E-state index in [1.54, 1.807) is 0 Å². The minimum atomic E-state index is -0.371. The van der Waals surface area contributed by atoms with Crippen molar-refractivity contribution in [2.45, 2.75) is 57.5 Å². The first-order valence-electron chi connectivity index (χ1n) is 7.50. The Kier molecular flexibility index (Phi) is 5.03. The molecule has 1 aliphatic rings. The summed E-state index contributed by atoms with van der Waals surface area (Å²) < 4.78 is 5.78. The zero-order valence-corrected chi connectivity index (χ0v) is 12.5. The minimum absolute atomic E-state index is 0.371. The van der Waals surface area contributed by atoms with E-state index in [4.69, 9.17) is 4.74 Å². The topological polar surface area (TPSA) is 45.0 Å². The maximum absolute atomic E-state index is 9.29. The van der Waals surface area contributed by atoms with Crippen molar-refractivity contribution in [2.75, 3.05) is 6.61 Å². The molecule has 1 unspecified atom stereocenters. The number of nitrogens with zero attached hydrogens (tertiary/aromatic N) is 1. The third-order valence-corrected chi connectivity index (χ3v) is 3.77. The van der Waals surface area contributed by atoms with Crippen LogP contribution in [0.4, 0.5) is 0 Å². The first kappa shape index (κ1) is 14.9. The SMILES string of the molecule is Cc1ccccc1OCCCCC(C)(C#N)NC1CC1. The van der Waals surface area contributed by atoms with Crippen molar-refractivity contribution in [1.29, 1.82) is 5.26 Å². The lowest BCUT2D eigenvalue weighted by atomic mass is 9.96. The van der Waals surface area contributed by atoms with Gasteiger partial charge in [-0.1, -0.05) is 18.2 Å². The number of unbranched alkanes of at least 4 members (excludes halogenated alkanes) is 1. The molecule has 0 saturated heterocycles. The summed E-state index contributed by atoms with van der Waals surface area (Å²) in [6.07, 6.45) is 5.31. The number of ether oxygens (including phenoxy) is 1. The van der Waals surface area contributed by atoms with Gasteiger partial charge < -0.3 is 4.74 Å². The van der Waals surface area contributed by atoms with Crippen LogP contribution < -0.4 is 10.1 Å². The molecule has 1 saturated carbocycles. The van der Waals surface area contributed by atoms with Crippen LogP contribution in [0.15, 0.2) is 24.3 Å². The Bertz CT molecular complexity index is 476. The van der Waals surface area contributed by atoms with E-state index in [2.05, 4.69) is 24.4 Å². The van der Waals surface area contributed by atoms with Crippen molar-refractivity contribution < 1.29 is 4.74 Å². The fraction of sp³-hybridized carbons (Fsp3) is 0.588. The van der Waals surface area contributed by atoms with Gasteiger partial charge in [-0.15, -0.1) is 0 Å². The number of aryl methyl sites for hydroxylation is 1. The van der Waals surface area contributed by atoms with Crippen LogP contribution in [0.5, 0.6) is 5.75 Å². The van der Waals surface area contributed by atoms with Crippen LogP contribution in [0.2, 0.25) is 0 Å². The molecular formula is C17H24N2O. The van der Waals surface area contributed by atoms with Gasteiger partial charge in [-0.2, -0.15) is 5.26 Å². The second kappa shape index (κ2) is 6.76. The maximum atomic E-state index is 9.29. The van der Waals surface area contributed by atoms with E-state index in [1.807, 2.05) is 25.1 Å². The Balaban J connectivity index is 1.66.